The third-order valence-corrected chi connectivity index (χ3v) is 3.55. The second-order valence-electron chi connectivity index (χ2n) is 6.08. The minimum absolute atomic E-state index is 0.149. The van der Waals surface area contributed by atoms with E-state index in [1.807, 2.05) is 14.1 Å². The van der Waals surface area contributed by atoms with Gasteiger partial charge < -0.3 is 19.8 Å². The van der Waals surface area contributed by atoms with Crippen molar-refractivity contribution >= 4 is 23.3 Å². The minimum atomic E-state index is -1.23. The third-order valence-electron chi connectivity index (χ3n) is 3.55. The van der Waals surface area contributed by atoms with Crippen molar-refractivity contribution in [2.24, 2.45) is 10.2 Å². The second kappa shape index (κ2) is 9.44. The molecule has 8 nitrogen and oxygen atoms in total. The maximum absolute atomic E-state index is 11.1. The van der Waals surface area contributed by atoms with Crippen LogP contribution >= 0.6 is 0 Å². The fourth-order valence-electron chi connectivity index (χ4n) is 2.21. The van der Waals surface area contributed by atoms with Crippen LogP contribution in [-0.2, 0) is 0 Å². The minimum Gasteiger partial charge on any atom is -0.494 e. The van der Waals surface area contributed by atoms with Crippen LogP contribution in [0.1, 0.15) is 27.1 Å². The van der Waals surface area contributed by atoms with Gasteiger partial charge in [0.05, 0.1) is 29.1 Å². The Morgan fingerprint density at radius 3 is 2.00 bits per heavy atom. The first-order valence-corrected chi connectivity index (χ1v) is 8.26. The van der Waals surface area contributed by atoms with E-state index in [2.05, 4.69) is 15.1 Å². The molecule has 8 heteroatoms. The molecular formula is C19H21N3O5. The second-order valence-corrected chi connectivity index (χ2v) is 6.08. The molecule has 0 aliphatic carbocycles. The van der Waals surface area contributed by atoms with E-state index in [1.54, 1.807) is 24.3 Å². The molecule has 2 aromatic rings. The lowest BCUT2D eigenvalue weighted by atomic mass is 10.1. The van der Waals surface area contributed by atoms with Crippen molar-refractivity contribution < 1.29 is 24.5 Å². The molecule has 2 N–H and O–H groups in total. The summed E-state index contributed by atoms with van der Waals surface area (Å²) in [5.41, 5.74) is 0.361. The van der Waals surface area contributed by atoms with Gasteiger partial charge in [0.1, 0.15) is 5.75 Å². The molecule has 27 heavy (non-hydrogen) atoms. The van der Waals surface area contributed by atoms with Gasteiger partial charge in [0, 0.05) is 6.54 Å². The standard InChI is InChI=1S/C19H21N3O5/c1-22(2)8-3-9-27-17-6-4-15(5-7-17)20-21-16-11-13(18(23)24)10-14(12-16)19(25)26/h4-7,10-12H,3,8-9H2,1-2H3,(H,23,24)(H,25,26). The summed E-state index contributed by atoms with van der Waals surface area (Å²) in [6.07, 6.45) is 0.917. The molecular weight excluding hydrogens is 350 g/mol. The molecule has 0 aliphatic rings. The molecule has 0 heterocycles. The molecule has 0 aromatic heterocycles. The molecule has 0 fully saturated rings. The van der Waals surface area contributed by atoms with Gasteiger partial charge in [-0.2, -0.15) is 10.2 Å². The van der Waals surface area contributed by atoms with E-state index in [0.717, 1.165) is 19.0 Å². The Kier molecular flexibility index (Phi) is 7.01. The number of hydrogen-bond acceptors (Lipinski definition) is 6. The number of aromatic carboxylic acids is 2. The Morgan fingerprint density at radius 1 is 0.926 bits per heavy atom. The van der Waals surface area contributed by atoms with Crippen molar-refractivity contribution in [1.29, 1.82) is 0 Å². The van der Waals surface area contributed by atoms with E-state index in [0.29, 0.717) is 18.0 Å². The molecule has 142 valence electrons. The van der Waals surface area contributed by atoms with Gasteiger partial charge in [0.2, 0.25) is 0 Å². The van der Waals surface area contributed by atoms with Crippen LogP contribution in [0.4, 0.5) is 11.4 Å². The van der Waals surface area contributed by atoms with Gasteiger partial charge in [-0.1, -0.05) is 0 Å². The molecule has 0 atom stereocenters. The first-order valence-electron chi connectivity index (χ1n) is 8.26. The highest BCUT2D eigenvalue weighted by Crippen LogP contribution is 2.23. The van der Waals surface area contributed by atoms with Crippen LogP contribution < -0.4 is 4.74 Å². The quantitative estimate of drug-likeness (QED) is 0.512. The molecule has 0 aliphatic heterocycles. The lowest BCUT2D eigenvalue weighted by Crippen LogP contribution is -2.15. The van der Waals surface area contributed by atoms with Crippen LogP contribution in [0.15, 0.2) is 52.7 Å². The average molecular weight is 371 g/mol. The van der Waals surface area contributed by atoms with Gasteiger partial charge in [0.15, 0.2) is 0 Å². The van der Waals surface area contributed by atoms with Crippen molar-refractivity contribution in [3.63, 3.8) is 0 Å². The lowest BCUT2D eigenvalue weighted by molar-refractivity contribution is 0.0696. The molecule has 0 radical (unpaired) electrons. The highest BCUT2D eigenvalue weighted by molar-refractivity contribution is 5.95. The van der Waals surface area contributed by atoms with Crippen molar-refractivity contribution in [2.45, 2.75) is 6.42 Å². The Labute approximate surface area is 156 Å². The van der Waals surface area contributed by atoms with Gasteiger partial charge in [0.25, 0.3) is 0 Å². The van der Waals surface area contributed by atoms with E-state index in [4.69, 9.17) is 14.9 Å². The van der Waals surface area contributed by atoms with Gasteiger partial charge >= 0.3 is 11.9 Å². The first kappa shape index (κ1) is 20.1. The third kappa shape index (κ3) is 6.52. The summed E-state index contributed by atoms with van der Waals surface area (Å²) >= 11 is 0. The zero-order chi connectivity index (χ0) is 19.8. The van der Waals surface area contributed by atoms with Crippen molar-refractivity contribution in [2.75, 3.05) is 27.2 Å². The molecule has 0 unspecified atom stereocenters. The monoisotopic (exact) mass is 371 g/mol. The zero-order valence-electron chi connectivity index (χ0n) is 15.1. The maximum Gasteiger partial charge on any atom is 0.335 e. The summed E-state index contributed by atoms with van der Waals surface area (Å²) in [7, 11) is 4.01. The molecule has 2 rings (SSSR count). The lowest BCUT2D eigenvalue weighted by Gasteiger charge is -2.10. The zero-order valence-corrected chi connectivity index (χ0v) is 15.1. The Bertz CT molecular complexity index is 799. The summed E-state index contributed by atoms with van der Waals surface area (Å²) in [4.78, 5) is 24.3. The number of rotatable bonds is 9. The predicted octanol–water partition coefficient (Wildman–Crippen LogP) is 3.83. The van der Waals surface area contributed by atoms with E-state index in [1.165, 1.54) is 12.1 Å². The number of hydrogen-bond donors (Lipinski definition) is 2. The fraction of sp³-hybridized carbons (Fsp3) is 0.263. The van der Waals surface area contributed by atoms with Crippen LogP contribution in [0.2, 0.25) is 0 Å². The smallest absolute Gasteiger partial charge is 0.335 e. The van der Waals surface area contributed by atoms with Gasteiger partial charge in [-0.25, -0.2) is 9.59 Å². The normalized spacial score (nSPS) is 11.1. The summed E-state index contributed by atoms with van der Waals surface area (Å²) in [5, 5.41) is 26.1. The van der Waals surface area contributed by atoms with E-state index in [-0.39, 0.29) is 16.8 Å². The first-order chi connectivity index (χ1) is 12.8. The SMILES string of the molecule is CN(C)CCCOc1ccc(N=Nc2cc(C(=O)O)cc(C(=O)O)c2)cc1. The summed E-state index contributed by atoms with van der Waals surface area (Å²) in [5.74, 6) is -1.75. The molecule has 2 aromatic carbocycles. The van der Waals surface area contributed by atoms with Crippen LogP contribution in [0.3, 0.4) is 0 Å². The topological polar surface area (TPSA) is 112 Å². The highest BCUT2D eigenvalue weighted by Gasteiger charge is 2.11. The number of carboxylic acids is 2. The largest absolute Gasteiger partial charge is 0.494 e. The molecule has 0 spiro atoms. The van der Waals surface area contributed by atoms with Crippen LogP contribution in [0.5, 0.6) is 5.75 Å². The average Bonchev–Trinajstić information content (AvgIpc) is 2.64. The van der Waals surface area contributed by atoms with Crippen LogP contribution in [0, 0.1) is 0 Å². The van der Waals surface area contributed by atoms with Crippen LogP contribution in [0.25, 0.3) is 0 Å². The molecule has 0 amide bonds. The number of carboxylic acid groups (broad SMARTS) is 2. The van der Waals surface area contributed by atoms with Crippen molar-refractivity contribution in [3.05, 3.63) is 53.6 Å². The maximum atomic E-state index is 11.1. The fourth-order valence-corrected chi connectivity index (χ4v) is 2.21. The number of carbonyl (C=O) groups is 2. The Morgan fingerprint density at radius 2 is 1.48 bits per heavy atom. The number of nitrogens with zero attached hydrogens (tertiary/aromatic N) is 3. The van der Waals surface area contributed by atoms with E-state index >= 15 is 0 Å². The van der Waals surface area contributed by atoms with Gasteiger partial charge in [-0.3, -0.25) is 0 Å². The molecule has 0 saturated carbocycles. The van der Waals surface area contributed by atoms with Gasteiger partial charge in [-0.15, -0.1) is 0 Å². The number of benzene rings is 2. The highest BCUT2D eigenvalue weighted by atomic mass is 16.5. The predicted molar refractivity (Wildman–Crippen MR) is 99.6 cm³/mol. The van der Waals surface area contributed by atoms with Crippen molar-refractivity contribution in [3.8, 4) is 5.75 Å². The summed E-state index contributed by atoms with van der Waals surface area (Å²) in [6, 6.07) is 10.6. The summed E-state index contributed by atoms with van der Waals surface area (Å²) in [6.45, 7) is 1.55. The Hall–Kier alpha value is -3.26. The molecule has 0 bridgehead atoms. The van der Waals surface area contributed by atoms with E-state index < -0.39 is 11.9 Å². The Balaban J connectivity index is 2.05. The van der Waals surface area contributed by atoms with Crippen LogP contribution in [-0.4, -0.2) is 54.3 Å². The van der Waals surface area contributed by atoms with Gasteiger partial charge in [-0.05, 0) is 63.0 Å². The number of ether oxygens (including phenoxy) is 1. The van der Waals surface area contributed by atoms with Crippen molar-refractivity contribution in [1.82, 2.24) is 4.90 Å². The van der Waals surface area contributed by atoms with E-state index in [9.17, 15) is 9.59 Å². The molecule has 0 saturated heterocycles. The summed E-state index contributed by atoms with van der Waals surface area (Å²) < 4.78 is 5.63. The number of azo groups is 1.